The molecule has 0 saturated carbocycles. The van der Waals surface area contributed by atoms with E-state index in [4.69, 9.17) is 20.9 Å². The van der Waals surface area contributed by atoms with E-state index in [0.717, 1.165) is 22.9 Å². The maximum Gasteiger partial charge on any atom is 0.254 e. The van der Waals surface area contributed by atoms with E-state index in [1.54, 1.807) is 6.07 Å². The van der Waals surface area contributed by atoms with Crippen LogP contribution in [0.15, 0.2) is 35.0 Å². The summed E-state index contributed by atoms with van der Waals surface area (Å²) in [6.45, 7) is 0.567. The summed E-state index contributed by atoms with van der Waals surface area (Å²) in [5, 5.41) is 8.41. The van der Waals surface area contributed by atoms with Crippen molar-refractivity contribution in [2.75, 3.05) is 13.7 Å². The summed E-state index contributed by atoms with van der Waals surface area (Å²) in [5.74, 6) is 1.03. The summed E-state index contributed by atoms with van der Waals surface area (Å²) >= 11 is 6.04. The zero-order valence-electron chi connectivity index (χ0n) is 13.3. The molecule has 1 aromatic carbocycles. The number of aromatic nitrogens is 2. The Kier molecular flexibility index (Phi) is 5.05. The van der Waals surface area contributed by atoms with Crippen LogP contribution in [-0.2, 0) is 17.6 Å². The molecule has 0 atom stereocenters. The van der Waals surface area contributed by atoms with Crippen molar-refractivity contribution in [1.82, 2.24) is 15.5 Å². The van der Waals surface area contributed by atoms with E-state index in [1.165, 1.54) is 7.11 Å². The van der Waals surface area contributed by atoms with Gasteiger partial charge in [0.05, 0.1) is 7.11 Å². The number of aryl methyl sites for hydroxylation is 1. The predicted octanol–water partition coefficient (Wildman–Crippen LogP) is 3.11. The first-order valence-electron chi connectivity index (χ1n) is 7.67. The number of methoxy groups -OCH3 is 1. The van der Waals surface area contributed by atoms with Gasteiger partial charge in [0.25, 0.3) is 5.88 Å². The zero-order valence-corrected chi connectivity index (χ0v) is 14.0. The van der Waals surface area contributed by atoms with E-state index >= 15 is 0 Å². The molecule has 3 aromatic rings. The van der Waals surface area contributed by atoms with Gasteiger partial charge in [-0.2, -0.15) is 0 Å². The SMILES string of the molecule is COc1cc(CCC(=O)NCCc2c[nH]c3ccc(Cl)cc23)on1. The Morgan fingerprint density at radius 1 is 1.38 bits per heavy atom. The van der Waals surface area contributed by atoms with Crippen LogP contribution in [0.2, 0.25) is 5.02 Å². The first-order valence-corrected chi connectivity index (χ1v) is 8.05. The van der Waals surface area contributed by atoms with E-state index < -0.39 is 0 Å². The molecule has 126 valence electrons. The monoisotopic (exact) mass is 347 g/mol. The van der Waals surface area contributed by atoms with E-state index in [-0.39, 0.29) is 5.91 Å². The van der Waals surface area contributed by atoms with Crippen molar-refractivity contribution < 1.29 is 14.1 Å². The van der Waals surface area contributed by atoms with Gasteiger partial charge in [0.15, 0.2) is 0 Å². The summed E-state index contributed by atoms with van der Waals surface area (Å²) in [6.07, 6.45) is 3.53. The molecule has 6 nitrogen and oxygen atoms in total. The molecule has 1 amide bonds. The summed E-state index contributed by atoms with van der Waals surface area (Å²) in [5.41, 5.74) is 2.17. The number of carbonyl (C=O) groups is 1. The van der Waals surface area contributed by atoms with Gasteiger partial charge >= 0.3 is 0 Å². The van der Waals surface area contributed by atoms with Crippen molar-refractivity contribution >= 4 is 28.4 Å². The average Bonchev–Trinajstić information content (AvgIpc) is 3.20. The average molecular weight is 348 g/mol. The molecule has 0 bridgehead atoms. The van der Waals surface area contributed by atoms with Crippen LogP contribution < -0.4 is 10.1 Å². The smallest absolute Gasteiger partial charge is 0.254 e. The van der Waals surface area contributed by atoms with Gasteiger partial charge in [0, 0.05) is 47.6 Å². The van der Waals surface area contributed by atoms with Gasteiger partial charge in [0.1, 0.15) is 5.76 Å². The minimum atomic E-state index is -0.0248. The van der Waals surface area contributed by atoms with Crippen molar-refractivity contribution in [3.05, 3.63) is 46.8 Å². The third-order valence-electron chi connectivity index (χ3n) is 3.79. The largest absolute Gasteiger partial charge is 0.479 e. The third-order valence-corrected chi connectivity index (χ3v) is 4.03. The summed E-state index contributed by atoms with van der Waals surface area (Å²) in [7, 11) is 1.52. The number of ether oxygens (including phenoxy) is 1. The number of halogens is 1. The molecule has 0 radical (unpaired) electrons. The predicted molar refractivity (Wildman–Crippen MR) is 91.4 cm³/mol. The third kappa shape index (κ3) is 3.89. The van der Waals surface area contributed by atoms with Gasteiger partial charge in [-0.3, -0.25) is 4.79 Å². The lowest BCUT2D eigenvalue weighted by Crippen LogP contribution is -2.25. The van der Waals surface area contributed by atoms with Gasteiger partial charge in [-0.25, -0.2) is 0 Å². The molecule has 2 heterocycles. The van der Waals surface area contributed by atoms with E-state index in [2.05, 4.69) is 15.5 Å². The van der Waals surface area contributed by atoms with Crippen LogP contribution in [0.3, 0.4) is 0 Å². The van der Waals surface area contributed by atoms with Crippen molar-refractivity contribution in [3.63, 3.8) is 0 Å². The van der Waals surface area contributed by atoms with Gasteiger partial charge in [0.2, 0.25) is 5.91 Å². The Morgan fingerprint density at radius 2 is 2.25 bits per heavy atom. The maximum atomic E-state index is 11.9. The number of hydrogen-bond acceptors (Lipinski definition) is 4. The second kappa shape index (κ2) is 7.40. The number of H-pyrrole nitrogens is 1. The van der Waals surface area contributed by atoms with E-state index in [9.17, 15) is 4.79 Å². The standard InChI is InChI=1S/C17H18ClN3O3/c1-23-17-9-13(24-21-17)3-5-16(22)19-7-6-11-10-20-15-4-2-12(18)8-14(11)15/h2,4,8-10,20H,3,5-7H2,1H3,(H,19,22). The normalized spacial score (nSPS) is 10.9. The summed E-state index contributed by atoms with van der Waals surface area (Å²) in [6, 6.07) is 7.42. The van der Waals surface area contributed by atoms with Gasteiger partial charge in [-0.05, 0) is 35.3 Å². The Bertz CT molecular complexity index is 841. The number of nitrogens with zero attached hydrogens (tertiary/aromatic N) is 1. The highest BCUT2D eigenvalue weighted by molar-refractivity contribution is 6.31. The molecule has 0 aliphatic heterocycles. The first kappa shape index (κ1) is 16.4. The fourth-order valence-corrected chi connectivity index (χ4v) is 2.70. The number of nitrogens with one attached hydrogen (secondary N) is 2. The molecule has 3 rings (SSSR count). The lowest BCUT2D eigenvalue weighted by Gasteiger charge is -2.04. The molecule has 2 aromatic heterocycles. The number of fused-ring (bicyclic) bond motifs is 1. The molecule has 7 heteroatoms. The second-order valence-electron chi connectivity index (χ2n) is 5.44. The lowest BCUT2D eigenvalue weighted by molar-refractivity contribution is -0.121. The van der Waals surface area contributed by atoms with Crippen molar-refractivity contribution in [2.45, 2.75) is 19.3 Å². The second-order valence-corrected chi connectivity index (χ2v) is 5.88. The van der Waals surface area contributed by atoms with Gasteiger partial charge < -0.3 is 19.6 Å². The number of hydrogen-bond donors (Lipinski definition) is 2. The van der Waals surface area contributed by atoms with E-state index in [0.29, 0.717) is 36.0 Å². The molecule has 0 saturated heterocycles. The van der Waals surface area contributed by atoms with Gasteiger partial charge in [-0.1, -0.05) is 11.6 Å². The summed E-state index contributed by atoms with van der Waals surface area (Å²) < 4.78 is 9.99. The highest BCUT2D eigenvalue weighted by Gasteiger charge is 2.08. The molecule has 0 unspecified atom stereocenters. The molecule has 0 spiro atoms. The van der Waals surface area contributed by atoms with Crippen molar-refractivity contribution in [3.8, 4) is 5.88 Å². The van der Waals surface area contributed by atoms with Crippen LogP contribution in [0.25, 0.3) is 10.9 Å². The number of aromatic amines is 1. The minimum absolute atomic E-state index is 0.0248. The Hall–Kier alpha value is -2.47. The van der Waals surface area contributed by atoms with E-state index in [1.807, 2.05) is 24.4 Å². The molecular weight excluding hydrogens is 330 g/mol. The van der Waals surface area contributed by atoms with Gasteiger partial charge in [-0.15, -0.1) is 0 Å². The molecule has 0 fully saturated rings. The highest BCUT2D eigenvalue weighted by atomic mass is 35.5. The fraction of sp³-hybridized carbons (Fsp3) is 0.294. The van der Waals surface area contributed by atoms with Crippen molar-refractivity contribution in [1.29, 1.82) is 0 Å². The topological polar surface area (TPSA) is 80.1 Å². The first-order chi connectivity index (χ1) is 11.7. The quantitative estimate of drug-likeness (QED) is 0.688. The number of carbonyl (C=O) groups excluding carboxylic acids is 1. The Labute approximate surface area is 144 Å². The van der Waals surface area contributed by atoms with Crippen LogP contribution in [-0.4, -0.2) is 29.7 Å². The molecule has 24 heavy (non-hydrogen) atoms. The molecule has 0 aliphatic carbocycles. The van der Waals surface area contributed by atoms with Crippen LogP contribution in [0, 0.1) is 0 Å². The fourth-order valence-electron chi connectivity index (χ4n) is 2.53. The van der Waals surface area contributed by atoms with Crippen LogP contribution in [0.4, 0.5) is 0 Å². The molecule has 0 aliphatic rings. The Morgan fingerprint density at radius 3 is 3.04 bits per heavy atom. The summed E-state index contributed by atoms with van der Waals surface area (Å²) in [4.78, 5) is 15.1. The number of benzene rings is 1. The number of rotatable bonds is 7. The van der Waals surface area contributed by atoms with Crippen molar-refractivity contribution in [2.24, 2.45) is 0 Å². The lowest BCUT2D eigenvalue weighted by atomic mass is 10.1. The minimum Gasteiger partial charge on any atom is -0.479 e. The molecular formula is C17H18ClN3O3. The Balaban J connectivity index is 1.46. The molecule has 2 N–H and O–H groups in total. The van der Waals surface area contributed by atoms with Crippen LogP contribution in [0.1, 0.15) is 17.7 Å². The maximum absolute atomic E-state index is 11.9. The van der Waals surface area contributed by atoms with Crippen LogP contribution in [0.5, 0.6) is 5.88 Å². The number of amides is 1. The van der Waals surface area contributed by atoms with Crippen LogP contribution >= 0.6 is 11.6 Å². The zero-order chi connectivity index (χ0) is 16.9. The highest BCUT2D eigenvalue weighted by Crippen LogP contribution is 2.22.